The van der Waals surface area contributed by atoms with Crippen molar-refractivity contribution in [3.8, 4) is 5.69 Å². The minimum atomic E-state index is -0.120. The molecule has 0 aliphatic heterocycles. The van der Waals surface area contributed by atoms with Crippen LogP contribution in [0, 0.1) is 0 Å². The van der Waals surface area contributed by atoms with Gasteiger partial charge in [-0.1, -0.05) is 30.3 Å². The largest absolute Gasteiger partial charge is 0.352 e. The number of thioether (sulfide) groups is 1. The third-order valence-corrected chi connectivity index (χ3v) is 4.46. The summed E-state index contributed by atoms with van der Waals surface area (Å²) in [4.78, 5) is 13.6. The van der Waals surface area contributed by atoms with Gasteiger partial charge in [0.1, 0.15) is 6.33 Å². The monoisotopic (exact) mass is 339 g/mol. The minimum Gasteiger partial charge on any atom is -0.352 e. The lowest BCUT2D eigenvalue weighted by atomic mass is 10.1. The van der Waals surface area contributed by atoms with Gasteiger partial charge in [0.15, 0.2) is 0 Å². The molecular formula is C17H17N5OS. The van der Waals surface area contributed by atoms with Crippen LogP contribution >= 0.6 is 11.8 Å². The molecule has 0 aliphatic rings. The molecule has 1 heterocycles. The summed E-state index contributed by atoms with van der Waals surface area (Å²) in [7, 11) is 0. The molecule has 3 aromatic rings. The summed E-state index contributed by atoms with van der Waals surface area (Å²) in [5, 5.41) is 14.0. The molecule has 0 saturated carbocycles. The Morgan fingerprint density at radius 2 is 1.88 bits per heavy atom. The van der Waals surface area contributed by atoms with Gasteiger partial charge in [-0.05, 0) is 46.9 Å². The summed E-state index contributed by atoms with van der Waals surface area (Å²) in [6, 6.07) is 17.5. The zero-order chi connectivity index (χ0) is 16.6. The molecule has 2 aromatic carbocycles. The van der Waals surface area contributed by atoms with E-state index in [9.17, 15) is 4.79 Å². The van der Waals surface area contributed by atoms with Crippen LogP contribution < -0.4 is 5.32 Å². The molecular weight excluding hydrogens is 322 g/mol. The van der Waals surface area contributed by atoms with Gasteiger partial charge in [-0.3, -0.25) is 4.79 Å². The number of hydrogen-bond acceptors (Lipinski definition) is 5. The number of nitrogens with one attached hydrogen (secondary N) is 1. The van der Waals surface area contributed by atoms with Crippen molar-refractivity contribution in [2.45, 2.75) is 11.3 Å². The Morgan fingerprint density at radius 1 is 1.08 bits per heavy atom. The van der Waals surface area contributed by atoms with Gasteiger partial charge in [0.25, 0.3) is 5.91 Å². The van der Waals surface area contributed by atoms with E-state index in [-0.39, 0.29) is 5.91 Å². The number of carbonyl (C=O) groups is 1. The molecule has 0 saturated heterocycles. The first-order valence-corrected chi connectivity index (χ1v) is 8.61. The van der Waals surface area contributed by atoms with Gasteiger partial charge < -0.3 is 5.32 Å². The number of aromatic nitrogens is 4. The number of para-hydroxylation sites is 1. The van der Waals surface area contributed by atoms with Crippen LogP contribution in [0.1, 0.15) is 16.8 Å². The Bertz CT molecular complexity index is 777. The minimum absolute atomic E-state index is 0.120. The highest BCUT2D eigenvalue weighted by Crippen LogP contribution is 2.17. The van der Waals surface area contributed by atoms with E-state index in [2.05, 4.69) is 33.0 Å². The number of nitrogens with zero attached hydrogens (tertiary/aromatic N) is 4. The summed E-state index contributed by atoms with van der Waals surface area (Å²) in [6.07, 6.45) is 2.38. The van der Waals surface area contributed by atoms with Gasteiger partial charge in [0.05, 0.1) is 11.3 Å². The molecule has 3 rings (SSSR count). The number of carbonyl (C=O) groups excluding carboxylic acids is 1. The van der Waals surface area contributed by atoms with E-state index in [1.807, 2.05) is 36.4 Å². The summed E-state index contributed by atoms with van der Waals surface area (Å²) in [5.74, 6) is 0.838. The molecule has 6 nitrogen and oxygen atoms in total. The van der Waals surface area contributed by atoms with Gasteiger partial charge in [0.2, 0.25) is 0 Å². The van der Waals surface area contributed by atoms with Crippen molar-refractivity contribution in [2.75, 3.05) is 12.3 Å². The summed E-state index contributed by atoms with van der Waals surface area (Å²) in [6.45, 7) is 0.628. The van der Waals surface area contributed by atoms with Crippen molar-refractivity contribution in [1.29, 1.82) is 0 Å². The fourth-order valence-corrected chi connectivity index (χ4v) is 3.09. The zero-order valence-corrected chi connectivity index (χ0v) is 13.8. The quantitative estimate of drug-likeness (QED) is 0.529. The van der Waals surface area contributed by atoms with Crippen LogP contribution in [0.15, 0.2) is 65.8 Å². The van der Waals surface area contributed by atoms with Crippen molar-refractivity contribution in [2.24, 2.45) is 0 Å². The third kappa shape index (κ3) is 4.20. The molecule has 7 heteroatoms. The van der Waals surface area contributed by atoms with Gasteiger partial charge in [-0.25, -0.2) is 0 Å². The Kier molecular flexibility index (Phi) is 5.57. The van der Waals surface area contributed by atoms with Gasteiger partial charge in [-0.15, -0.1) is 16.9 Å². The van der Waals surface area contributed by atoms with Gasteiger partial charge in [-0.2, -0.15) is 4.68 Å². The number of benzene rings is 2. The fraction of sp³-hybridized carbons (Fsp3) is 0.176. The molecule has 0 spiro atoms. The van der Waals surface area contributed by atoms with Crippen LogP contribution in [0.3, 0.4) is 0 Å². The van der Waals surface area contributed by atoms with Crippen molar-refractivity contribution >= 4 is 17.7 Å². The maximum atomic E-state index is 12.4. The summed E-state index contributed by atoms with van der Waals surface area (Å²) in [5.41, 5.74) is 1.22. The van der Waals surface area contributed by atoms with Crippen molar-refractivity contribution in [1.82, 2.24) is 25.5 Å². The van der Waals surface area contributed by atoms with Crippen LogP contribution in [0.4, 0.5) is 0 Å². The normalized spacial score (nSPS) is 10.5. The van der Waals surface area contributed by atoms with Crippen LogP contribution in [-0.4, -0.2) is 38.4 Å². The number of amides is 1. The average molecular weight is 339 g/mol. The molecule has 1 amide bonds. The predicted molar refractivity (Wildman–Crippen MR) is 93.3 cm³/mol. The van der Waals surface area contributed by atoms with E-state index >= 15 is 0 Å². The molecule has 0 aliphatic carbocycles. The van der Waals surface area contributed by atoms with Crippen molar-refractivity contribution in [3.63, 3.8) is 0 Å². The molecule has 1 N–H and O–H groups in total. The van der Waals surface area contributed by atoms with E-state index in [0.29, 0.717) is 17.8 Å². The first-order chi connectivity index (χ1) is 11.8. The lowest BCUT2D eigenvalue weighted by molar-refractivity contribution is 0.0953. The molecule has 0 radical (unpaired) electrons. The maximum Gasteiger partial charge on any atom is 0.253 e. The van der Waals surface area contributed by atoms with E-state index in [4.69, 9.17) is 0 Å². The predicted octanol–water partition coefficient (Wildman–Crippen LogP) is 2.57. The highest BCUT2D eigenvalue weighted by molar-refractivity contribution is 7.99. The molecule has 0 fully saturated rings. The molecule has 1 aromatic heterocycles. The smallest absolute Gasteiger partial charge is 0.253 e. The van der Waals surface area contributed by atoms with Crippen molar-refractivity contribution < 1.29 is 4.79 Å². The van der Waals surface area contributed by atoms with Crippen molar-refractivity contribution in [3.05, 3.63) is 66.5 Å². The Balaban J connectivity index is 1.51. The molecule has 0 atom stereocenters. The highest BCUT2D eigenvalue weighted by atomic mass is 32.2. The molecule has 24 heavy (non-hydrogen) atoms. The number of tetrazole rings is 1. The van der Waals surface area contributed by atoms with Crippen LogP contribution in [0.2, 0.25) is 0 Å². The fourth-order valence-electron chi connectivity index (χ4n) is 2.21. The highest BCUT2D eigenvalue weighted by Gasteiger charge is 2.12. The first kappa shape index (κ1) is 16.2. The summed E-state index contributed by atoms with van der Waals surface area (Å²) < 4.78 is 1.49. The second-order valence-corrected chi connectivity index (χ2v) is 6.21. The Morgan fingerprint density at radius 3 is 2.67 bits per heavy atom. The number of rotatable bonds is 7. The second-order valence-electron chi connectivity index (χ2n) is 5.04. The summed E-state index contributed by atoms with van der Waals surface area (Å²) >= 11 is 1.79. The molecule has 0 bridgehead atoms. The van der Waals surface area contributed by atoms with Crippen LogP contribution in [0.25, 0.3) is 5.69 Å². The van der Waals surface area contributed by atoms with E-state index in [1.54, 1.807) is 17.8 Å². The second kappa shape index (κ2) is 8.26. The Hall–Kier alpha value is -2.67. The van der Waals surface area contributed by atoms with E-state index in [0.717, 1.165) is 12.2 Å². The first-order valence-electron chi connectivity index (χ1n) is 7.63. The molecule has 0 unspecified atom stereocenters. The van der Waals surface area contributed by atoms with E-state index < -0.39 is 0 Å². The number of hydrogen-bond donors (Lipinski definition) is 1. The average Bonchev–Trinajstić information content (AvgIpc) is 3.17. The van der Waals surface area contributed by atoms with E-state index in [1.165, 1.54) is 15.9 Å². The van der Waals surface area contributed by atoms with Crippen LogP contribution in [0.5, 0.6) is 0 Å². The van der Waals surface area contributed by atoms with Gasteiger partial charge in [0, 0.05) is 11.4 Å². The third-order valence-electron chi connectivity index (χ3n) is 3.36. The lowest BCUT2D eigenvalue weighted by Crippen LogP contribution is -2.26. The SMILES string of the molecule is O=C(NCCCSc1ccccc1)c1ccccc1-n1cnnn1. The Labute approximate surface area is 144 Å². The molecule has 122 valence electrons. The zero-order valence-electron chi connectivity index (χ0n) is 13.0. The standard InChI is InChI=1S/C17H17N5OS/c23-17(18-11-6-12-24-14-7-2-1-3-8-14)15-9-4-5-10-16(15)22-13-19-20-21-22/h1-5,7-10,13H,6,11-12H2,(H,18,23). The topological polar surface area (TPSA) is 72.7 Å². The maximum absolute atomic E-state index is 12.4. The van der Waals surface area contributed by atoms with Gasteiger partial charge >= 0.3 is 0 Å². The van der Waals surface area contributed by atoms with Crippen LogP contribution in [-0.2, 0) is 0 Å². The lowest BCUT2D eigenvalue weighted by Gasteiger charge is -2.09.